The minimum absolute atomic E-state index is 0.204. The number of benzene rings is 1. The van der Waals surface area contributed by atoms with E-state index in [2.05, 4.69) is 32.7 Å². The molecule has 0 saturated heterocycles. The summed E-state index contributed by atoms with van der Waals surface area (Å²) in [6.07, 6.45) is 0. The smallest absolute Gasteiger partial charge is 0.164 e. The third kappa shape index (κ3) is 3.01. The van der Waals surface area contributed by atoms with E-state index in [4.69, 9.17) is 0 Å². The summed E-state index contributed by atoms with van der Waals surface area (Å²) in [4.78, 5) is 6.66. The van der Waals surface area contributed by atoms with Crippen LogP contribution in [0.1, 0.15) is 6.92 Å². The first kappa shape index (κ1) is 12.9. The van der Waals surface area contributed by atoms with Gasteiger partial charge in [-0.05, 0) is 31.2 Å². The zero-order valence-corrected chi connectivity index (χ0v) is 12.0. The van der Waals surface area contributed by atoms with Gasteiger partial charge in [-0.15, -0.1) is 0 Å². The van der Waals surface area contributed by atoms with Crippen molar-refractivity contribution in [2.45, 2.75) is 12.2 Å². The third-order valence-electron chi connectivity index (χ3n) is 2.56. The topological polar surface area (TPSA) is 15.6 Å². The van der Waals surface area contributed by atoms with Crippen molar-refractivity contribution in [2.24, 2.45) is 4.99 Å². The second-order valence-corrected chi connectivity index (χ2v) is 5.65. The first-order valence-electron chi connectivity index (χ1n) is 5.54. The molecule has 2 rings (SSSR count). The molecule has 0 aromatic heterocycles. The van der Waals surface area contributed by atoms with Crippen LogP contribution in [-0.2, 0) is 0 Å². The minimum atomic E-state index is -0.204. The summed E-state index contributed by atoms with van der Waals surface area (Å²) in [6.45, 7) is 3.77. The van der Waals surface area contributed by atoms with Gasteiger partial charge < -0.3 is 4.90 Å². The Kier molecular flexibility index (Phi) is 4.45. The Balaban J connectivity index is 2.14. The molecule has 0 fully saturated rings. The molecule has 1 aromatic rings. The number of halogens is 2. The molecule has 1 aliphatic rings. The third-order valence-corrected chi connectivity index (χ3v) is 4.98. The Labute approximate surface area is 113 Å². The molecule has 1 atom stereocenters. The molecule has 92 valence electrons. The van der Waals surface area contributed by atoms with Gasteiger partial charge in [0.05, 0.1) is 6.54 Å². The van der Waals surface area contributed by atoms with Gasteiger partial charge in [0, 0.05) is 22.8 Å². The lowest BCUT2D eigenvalue weighted by Gasteiger charge is -2.22. The van der Waals surface area contributed by atoms with Crippen LogP contribution in [0.4, 0.5) is 10.1 Å². The Morgan fingerprint density at radius 3 is 2.71 bits per heavy atom. The average Bonchev–Trinajstić information content (AvgIpc) is 2.81. The Hall–Kier alpha value is -0.550. The van der Waals surface area contributed by atoms with Crippen molar-refractivity contribution in [3.05, 3.63) is 30.1 Å². The van der Waals surface area contributed by atoms with Crippen LogP contribution in [0.15, 0.2) is 29.3 Å². The first-order valence-corrected chi connectivity index (χ1v) is 7.55. The molecule has 17 heavy (non-hydrogen) atoms. The quantitative estimate of drug-likeness (QED) is 0.793. The van der Waals surface area contributed by atoms with Gasteiger partial charge in [0.15, 0.2) is 5.17 Å². The molecule has 0 aliphatic carbocycles. The highest BCUT2D eigenvalue weighted by Gasteiger charge is 2.23. The van der Waals surface area contributed by atoms with Gasteiger partial charge in [0.1, 0.15) is 5.82 Å². The molecular formula is C12H14BrFN2S. The summed E-state index contributed by atoms with van der Waals surface area (Å²) in [5.74, 6) is -0.204. The van der Waals surface area contributed by atoms with Crippen molar-refractivity contribution >= 4 is 38.5 Å². The summed E-state index contributed by atoms with van der Waals surface area (Å²) in [5, 5.41) is 2.49. The van der Waals surface area contributed by atoms with Crippen molar-refractivity contribution in [3.63, 3.8) is 0 Å². The van der Waals surface area contributed by atoms with Gasteiger partial charge in [-0.3, -0.25) is 4.99 Å². The summed E-state index contributed by atoms with van der Waals surface area (Å²) < 4.78 is 12.9. The molecule has 0 radical (unpaired) electrons. The van der Waals surface area contributed by atoms with Crippen LogP contribution in [0, 0.1) is 5.82 Å². The van der Waals surface area contributed by atoms with E-state index in [0.717, 1.165) is 29.3 Å². The molecule has 0 amide bonds. The predicted octanol–water partition coefficient (Wildman–Crippen LogP) is 3.52. The van der Waals surface area contributed by atoms with Crippen molar-refractivity contribution in [3.8, 4) is 0 Å². The van der Waals surface area contributed by atoms with E-state index in [9.17, 15) is 4.39 Å². The van der Waals surface area contributed by atoms with E-state index in [1.54, 1.807) is 23.9 Å². The van der Waals surface area contributed by atoms with Crippen LogP contribution >= 0.6 is 27.7 Å². The zero-order valence-electron chi connectivity index (χ0n) is 9.57. The van der Waals surface area contributed by atoms with E-state index in [-0.39, 0.29) is 5.82 Å². The summed E-state index contributed by atoms with van der Waals surface area (Å²) in [6, 6.07) is 6.56. The number of alkyl halides is 1. The van der Waals surface area contributed by atoms with Crippen LogP contribution < -0.4 is 4.90 Å². The second kappa shape index (κ2) is 5.87. The highest BCUT2D eigenvalue weighted by molar-refractivity contribution is 9.09. The lowest BCUT2D eigenvalue weighted by atomic mass is 10.3. The number of aliphatic imine (C=N–C) groups is 1. The van der Waals surface area contributed by atoms with Crippen molar-refractivity contribution in [1.29, 1.82) is 0 Å². The monoisotopic (exact) mass is 316 g/mol. The molecule has 5 heteroatoms. The van der Waals surface area contributed by atoms with Gasteiger partial charge >= 0.3 is 0 Å². The molecule has 1 aromatic carbocycles. The van der Waals surface area contributed by atoms with E-state index in [1.165, 1.54) is 12.1 Å². The van der Waals surface area contributed by atoms with E-state index < -0.39 is 0 Å². The number of nitrogens with zero attached hydrogens (tertiary/aromatic N) is 2. The van der Waals surface area contributed by atoms with E-state index in [0.29, 0.717) is 5.25 Å². The average molecular weight is 317 g/mol. The number of rotatable bonds is 3. The number of anilines is 1. The number of hydrogen-bond acceptors (Lipinski definition) is 3. The summed E-state index contributed by atoms with van der Waals surface area (Å²) in [5.41, 5.74) is 0.996. The molecule has 0 spiro atoms. The standard InChI is InChI=1S/C12H14BrFN2S/c1-2-16(10-5-3-9(14)4-6-10)12-15-8-11(7-13)17-12/h3-6,11H,2,7-8H2,1H3. The number of hydrogen-bond donors (Lipinski definition) is 0. The molecular weight excluding hydrogens is 303 g/mol. The summed E-state index contributed by atoms with van der Waals surface area (Å²) in [7, 11) is 0. The van der Waals surface area contributed by atoms with E-state index in [1.807, 2.05) is 0 Å². The molecule has 1 unspecified atom stereocenters. The zero-order chi connectivity index (χ0) is 12.3. The largest absolute Gasteiger partial charge is 0.322 e. The maximum atomic E-state index is 12.9. The molecule has 1 aliphatic heterocycles. The van der Waals surface area contributed by atoms with Gasteiger partial charge in [-0.1, -0.05) is 27.7 Å². The Bertz CT molecular complexity index is 407. The fourth-order valence-electron chi connectivity index (χ4n) is 1.68. The Morgan fingerprint density at radius 2 is 2.18 bits per heavy atom. The van der Waals surface area contributed by atoms with Crippen LogP contribution in [0.5, 0.6) is 0 Å². The predicted molar refractivity (Wildman–Crippen MR) is 76.9 cm³/mol. The normalized spacial score (nSPS) is 19.2. The molecule has 0 saturated carbocycles. The highest BCUT2D eigenvalue weighted by Crippen LogP contribution is 2.28. The Morgan fingerprint density at radius 1 is 1.47 bits per heavy atom. The van der Waals surface area contributed by atoms with Crippen LogP contribution in [0.25, 0.3) is 0 Å². The van der Waals surface area contributed by atoms with Gasteiger partial charge in [-0.2, -0.15) is 0 Å². The van der Waals surface area contributed by atoms with Crippen molar-refractivity contribution in [1.82, 2.24) is 0 Å². The van der Waals surface area contributed by atoms with Crippen LogP contribution in [0.2, 0.25) is 0 Å². The van der Waals surface area contributed by atoms with Crippen molar-refractivity contribution in [2.75, 3.05) is 23.3 Å². The van der Waals surface area contributed by atoms with Crippen LogP contribution in [-0.4, -0.2) is 28.8 Å². The van der Waals surface area contributed by atoms with Crippen molar-refractivity contribution < 1.29 is 4.39 Å². The van der Waals surface area contributed by atoms with Gasteiger partial charge in [0.25, 0.3) is 0 Å². The molecule has 0 bridgehead atoms. The SMILES string of the molecule is CCN(C1=NCC(CBr)S1)c1ccc(F)cc1. The molecule has 0 N–H and O–H groups in total. The van der Waals surface area contributed by atoms with Gasteiger partial charge in [-0.25, -0.2) is 4.39 Å². The highest BCUT2D eigenvalue weighted by atomic mass is 79.9. The number of thioether (sulfide) groups is 1. The fraction of sp³-hybridized carbons (Fsp3) is 0.417. The second-order valence-electron chi connectivity index (χ2n) is 3.74. The lowest BCUT2D eigenvalue weighted by Crippen LogP contribution is -2.27. The van der Waals surface area contributed by atoms with Gasteiger partial charge in [0.2, 0.25) is 0 Å². The lowest BCUT2D eigenvalue weighted by molar-refractivity contribution is 0.628. The maximum Gasteiger partial charge on any atom is 0.164 e. The maximum absolute atomic E-state index is 12.9. The van der Waals surface area contributed by atoms with Crippen LogP contribution in [0.3, 0.4) is 0 Å². The summed E-state index contributed by atoms with van der Waals surface area (Å²) >= 11 is 5.26. The first-order chi connectivity index (χ1) is 8.24. The minimum Gasteiger partial charge on any atom is -0.322 e. The molecule has 1 heterocycles. The number of amidine groups is 1. The molecule has 2 nitrogen and oxygen atoms in total. The van der Waals surface area contributed by atoms with E-state index >= 15 is 0 Å². The fourth-order valence-corrected chi connectivity index (χ4v) is 3.30.